The Kier molecular flexibility index (Phi) is 5.91. The normalized spacial score (nSPS) is 9.74. The molecular weight excluding hydrogens is 328 g/mol. The maximum Gasteiger partial charge on any atom is 0.348 e. The van der Waals surface area contributed by atoms with Crippen molar-refractivity contribution in [3.8, 4) is 11.5 Å². The first-order valence-corrected chi connectivity index (χ1v) is 6.60. The van der Waals surface area contributed by atoms with Crippen LogP contribution in [0.15, 0.2) is 11.1 Å². The first-order chi connectivity index (χ1) is 10.6. The lowest BCUT2D eigenvalue weighted by Crippen LogP contribution is -2.25. The second-order valence-electron chi connectivity index (χ2n) is 4.36. The molecule has 1 aromatic rings. The van der Waals surface area contributed by atoms with Gasteiger partial charge in [0.05, 0.1) is 5.69 Å². The summed E-state index contributed by atoms with van der Waals surface area (Å²) < 4.78 is 9.90. The zero-order valence-electron chi connectivity index (χ0n) is 12.6. The Hall–Kier alpha value is -2.81. The lowest BCUT2D eigenvalue weighted by molar-refractivity contribution is -0.134. The molecule has 0 aliphatic heterocycles. The molecule has 0 spiro atoms. The highest BCUT2D eigenvalue weighted by molar-refractivity contribution is 6.36. The number of esters is 2. The number of amides is 2. The third-order valence-electron chi connectivity index (χ3n) is 2.35. The first-order valence-electron chi connectivity index (χ1n) is 6.22. The average molecular weight is 343 g/mol. The van der Waals surface area contributed by atoms with Gasteiger partial charge >= 0.3 is 18.0 Å². The number of guanidine groups is 1. The number of carbonyl (C=O) groups excluding carboxylic acids is 3. The number of anilines is 1. The molecule has 10 heteroatoms. The number of carbonyl (C=O) groups is 3. The van der Waals surface area contributed by atoms with E-state index >= 15 is 0 Å². The van der Waals surface area contributed by atoms with Crippen LogP contribution >= 0.6 is 11.6 Å². The first kappa shape index (κ1) is 18.2. The van der Waals surface area contributed by atoms with Crippen LogP contribution in [0.1, 0.15) is 19.4 Å². The van der Waals surface area contributed by atoms with E-state index in [0.29, 0.717) is 5.56 Å². The molecule has 1 aromatic carbocycles. The molecular formula is C13H15ClN4O5. The maximum absolute atomic E-state index is 11.6. The van der Waals surface area contributed by atoms with Gasteiger partial charge in [0.15, 0.2) is 17.5 Å². The maximum atomic E-state index is 11.6. The lowest BCUT2D eigenvalue weighted by Gasteiger charge is -2.16. The molecule has 0 saturated carbocycles. The molecule has 0 atom stereocenters. The van der Waals surface area contributed by atoms with Crippen molar-refractivity contribution in [1.29, 1.82) is 0 Å². The number of aliphatic imine (C=N–C) groups is 1. The fourth-order valence-corrected chi connectivity index (χ4v) is 1.93. The molecule has 0 aromatic heterocycles. The molecule has 0 radical (unpaired) electrons. The average Bonchev–Trinajstić information content (AvgIpc) is 2.37. The quantitative estimate of drug-likeness (QED) is 0.324. The van der Waals surface area contributed by atoms with Gasteiger partial charge in [-0.05, 0) is 18.6 Å². The van der Waals surface area contributed by atoms with E-state index in [0.717, 1.165) is 6.92 Å². The topological polar surface area (TPSA) is 146 Å². The van der Waals surface area contributed by atoms with Gasteiger partial charge in [-0.3, -0.25) is 9.59 Å². The second-order valence-corrected chi connectivity index (χ2v) is 4.74. The van der Waals surface area contributed by atoms with Crippen LogP contribution in [0.4, 0.5) is 10.5 Å². The summed E-state index contributed by atoms with van der Waals surface area (Å²) in [4.78, 5) is 37.2. The molecule has 0 fully saturated rings. The Bertz CT molecular complexity index is 698. The third-order valence-corrected chi connectivity index (χ3v) is 2.71. The van der Waals surface area contributed by atoms with Gasteiger partial charge in [0, 0.05) is 13.8 Å². The largest absolute Gasteiger partial charge is 0.423 e. The lowest BCUT2D eigenvalue weighted by atomic mass is 10.1. The van der Waals surface area contributed by atoms with Crippen LogP contribution in [0.2, 0.25) is 5.02 Å². The SMILES string of the molecule is CC(=O)Oc1cc(C)c(NC(=O)N=C(N)N)c(Cl)c1OC(C)=O. The van der Waals surface area contributed by atoms with Crippen LogP contribution in [0.5, 0.6) is 11.5 Å². The highest BCUT2D eigenvalue weighted by atomic mass is 35.5. The van der Waals surface area contributed by atoms with Crippen molar-refractivity contribution in [2.24, 2.45) is 16.5 Å². The van der Waals surface area contributed by atoms with Crippen LogP contribution in [0.3, 0.4) is 0 Å². The molecule has 0 aliphatic rings. The van der Waals surface area contributed by atoms with Gasteiger partial charge in [0.2, 0.25) is 0 Å². The van der Waals surface area contributed by atoms with Crippen LogP contribution in [0, 0.1) is 6.92 Å². The number of aryl methyl sites for hydroxylation is 1. The van der Waals surface area contributed by atoms with Crippen LogP contribution in [-0.2, 0) is 9.59 Å². The Labute approximate surface area is 136 Å². The van der Waals surface area contributed by atoms with E-state index in [4.69, 9.17) is 32.5 Å². The fourth-order valence-electron chi connectivity index (χ4n) is 1.60. The van der Waals surface area contributed by atoms with Crippen LogP contribution in [-0.4, -0.2) is 23.9 Å². The number of nitrogens with two attached hydrogens (primary N) is 2. The minimum atomic E-state index is -0.871. The summed E-state index contributed by atoms with van der Waals surface area (Å²) in [6, 6.07) is 0.500. The molecule has 9 nitrogen and oxygen atoms in total. The Morgan fingerprint density at radius 2 is 1.74 bits per heavy atom. The van der Waals surface area contributed by atoms with Crippen molar-refractivity contribution in [1.82, 2.24) is 0 Å². The van der Waals surface area contributed by atoms with Gasteiger partial charge in [0.25, 0.3) is 0 Å². The number of ether oxygens (including phenoxy) is 2. The minimum absolute atomic E-state index is 0.0601. The Morgan fingerprint density at radius 1 is 1.17 bits per heavy atom. The van der Waals surface area contributed by atoms with Gasteiger partial charge in [-0.25, -0.2) is 4.79 Å². The van der Waals surface area contributed by atoms with E-state index in [1.807, 2.05) is 0 Å². The minimum Gasteiger partial charge on any atom is -0.423 e. The van der Waals surface area contributed by atoms with Crippen LogP contribution < -0.4 is 26.3 Å². The molecule has 2 amide bonds. The van der Waals surface area contributed by atoms with Gasteiger partial charge < -0.3 is 26.3 Å². The van der Waals surface area contributed by atoms with Gasteiger partial charge in [-0.2, -0.15) is 4.99 Å². The number of nitrogens with one attached hydrogen (secondary N) is 1. The van der Waals surface area contributed by atoms with Crippen molar-refractivity contribution < 1.29 is 23.9 Å². The van der Waals surface area contributed by atoms with E-state index in [2.05, 4.69) is 10.3 Å². The third kappa shape index (κ3) is 5.15. The molecule has 0 unspecified atom stereocenters. The van der Waals surface area contributed by atoms with Crippen LogP contribution in [0.25, 0.3) is 0 Å². The van der Waals surface area contributed by atoms with E-state index in [1.54, 1.807) is 6.92 Å². The molecule has 5 N–H and O–H groups in total. The standard InChI is InChI=1S/C13H15ClN4O5/c1-5-4-8(22-6(2)19)11(23-7(3)20)9(14)10(5)17-13(21)18-12(15)16/h4H,1-3H3,(H5,15,16,17,18,21). The van der Waals surface area contributed by atoms with Gasteiger partial charge in [0.1, 0.15) is 5.02 Å². The van der Waals surface area contributed by atoms with Crippen molar-refractivity contribution in [3.05, 3.63) is 16.7 Å². The van der Waals surface area contributed by atoms with Gasteiger partial charge in [-0.1, -0.05) is 11.6 Å². The van der Waals surface area contributed by atoms with E-state index in [9.17, 15) is 14.4 Å². The highest BCUT2D eigenvalue weighted by Crippen LogP contribution is 2.43. The van der Waals surface area contributed by atoms with E-state index in [1.165, 1.54) is 13.0 Å². The number of nitrogens with zero attached hydrogens (tertiary/aromatic N) is 1. The van der Waals surface area contributed by atoms with Crippen molar-refractivity contribution in [2.45, 2.75) is 20.8 Å². The summed E-state index contributed by atoms with van der Waals surface area (Å²) in [7, 11) is 0. The number of urea groups is 1. The number of hydrogen-bond donors (Lipinski definition) is 3. The Morgan fingerprint density at radius 3 is 2.22 bits per heavy atom. The van der Waals surface area contributed by atoms with Crippen molar-refractivity contribution in [2.75, 3.05) is 5.32 Å². The zero-order valence-corrected chi connectivity index (χ0v) is 13.4. The van der Waals surface area contributed by atoms with Gasteiger partial charge in [-0.15, -0.1) is 0 Å². The predicted octanol–water partition coefficient (Wildman–Crippen LogP) is 1.30. The summed E-state index contributed by atoms with van der Waals surface area (Å²) in [6.07, 6.45) is 0. The smallest absolute Gasteiger partial charge is 0.348 e. The number of halogens is 1. The molecule has 0 heterocycles. The summed E-state index contributed by atoms with van der Waals surface area (Å²) in [5.41, 5.74) is 10.7. The fraction of sp³-hybridized carbons (Fsp3) is 0.231. The summed E-state index contributed by atoms with van der Waals surface area (Å²) >= 11 is 6.13. The predicted molar refractivity (Wildman–Crippen MR) is 83.6 cm³/mol. The molecule has 124 valence electrons. The summed E-state index contributed by atoms with van der Waals surface area (Å²) in [5, 5.41) is 2.21. The molecule has 0 saturated heterocycles. The monoisotopic (exact) mass is 342 g/mol. The zero-order chi connectivity index (χ0) is 17.7. The molecule has 0 aliphatic carbocycles. The number of benzene rings is 1. The number of hydrogen-bond acceptors (Lipinski definition) is 5. The molecule has 23 heavy (non-hydrogen) atoms. The van der Waals surface area contributed by atoms with E-state index < -0.39 is 23.9 Å². The molecule has 0 bridgehead atoms. The van der Waals surface area contributed by atoms with Crippen molar-refractivity contribution >= 4 is 41.2 Å². The summed E-state index contributed by atoms with van der Waals surface area (Å²) in [6.45, 7) is 3.90. The molecule has 1 rings (SSSR count). The highest BCUT2D eigenvalue weighted by Gasteiger charge is 2.21. The number of rotatable bonds is 3. The Balaban J connectivity index is 3.37. The second kappa shape index (κ2) is 7.45. The van der Waals surface area contributed by atoms with E-state index in [-0.39, 0.29) is 22.2 Å². The van der Waals surface area contributed by atoms with Crippen molar-refractivity contribution in [3.63, 3.8) is 0 Å². The summed E-state index contributed by atoms with van der Waals surface area (Å²) in [5.74, 6) is -2.03.